The van der Waals surface area contributed by atoms with Crippen LogP contribution in [0.1, 0.15) is 19.8 Å². The molecule has 94 valence electrons. The number of aliphatic carboxylic acids is 1. The van der Waals surface area contributed by atoms with Crippen molar-refractivity contribution in [2.24, 2.45) is 0 Å². The molecule has 4 N–H and O–H groups in total. The Balaban J connectivity index is 2.75. The van der Waals surface area contributed by atoms with Crippen LogP contribution in [0.2, 0.25) is 0 Å². The first-order chi connectivity index (χ1) is 7.49. The molecule has 0 aliphatic carbocycles. The molecule has 0 spiro atoms. The third-order valence-corrected chi connectivity index (χ3v) is 2.93. The summed E-state index contributed by atoms with van der Waals surface area (Å²) in [5.41, 5.74) is 0. The molecule has 1 saturated heterocycles. The lowest BCUT2D eigenvalue weighted by Crippen LogP contribution is -2.63. The second-order valence-electron chi connectivity index (χ2n) is 4.18. The molecule has 0 aromatic heterocycles. The third-order valence-electron chi connectivity index (χ3n) is 2.93. The molecule has 1 aliphatic rings. The number of aliphatic hydroxyl groups excluding tert-OH is 3. The van der Waals surface area contributed by atoms with Gasteiger partial charge in [0.15, 0.2) is 0 Å². The molecule has 6 nitrogen and oxygen atoms in total. The smallest absolute Gasteiger partial charge is 0.323 e. The van der Waals surface area contributed by atoms with Crippen LogP contribution < -0.4 is 0 Å². The Morgan fingerprint density at radius 2 is 1.94 bits per heavy atom. The summed E-state index contributed by atoms with van der Waals surface area (Å²) < 4.78 is 0. The van der Waals surface area contributed by atoms with Crippen LogP contribution in [0, 0.1) is 0 Å². The first kappa shape index (κ1) is 13.4. The lowest BCUT2D eigenvalue weighted by atomic mass is 9.93. The van der Waals surface area contributed by atoms with Crippen molar-refractivity contribution in [1.82, 2.24) is 4.90 Å². The maximum Gasteiger partial charge on any atom is 0.323 e. The van der Waals surface area contributed by atoms with Gasteiger partial charge in [0.1, 0.15) is 18.2 Å². The van der Waals surface area contributed by atoms with E-state index in [2.05, 4.69) is 0 Å². The van der Waals surface area contributed by atoms with Gasteiger partial charge in [-0.2, -0.15) is 0 Å². The van der Waals surface area contributed by atoms with E-state index in [4.69, 9.17) is 5.11 Å². The first-order valence-corrected chi connectivity index (χ1v) is 5.50. The lowest BCUT2D eigenvalue weighted by molar-refractivity contribution is -0.170. The molecule has 0 aromatic carbocycles. The number of rotatable bonds is 4. The number of carbonyl (C=O) groups is 1. The molecule has 2 unspecified atom stereocenters. The van der Waals surface area contributed by atoms with Crippen molar-refractivity contribution in [2.75, 3.05) is 13.1 Å². The average Bonchev–Trinajstić information content (AvgIpc) is 2.22. The molecule has 1 aliphatic heterocycles. The van der Waals surface area contributed by atoms with Gasteiger partial charge in [0.2, 0.25) is 0 Å². The number of aliphatic hydroxyl groups is 3. The largest absolute Gasteiger partial charge is 0.480 e. The monoisotopic (exact) mass is 233 g/mol. The molecule has 6 heteroatoms. The summed E-state index contributed by atoms with van der Waals surface area (Å²) in [7, 11) is 0. The van der Waals surface area contributed by atoms with E-state index < -0.39 is 30.3 Å². The van der Waals surface area contributed by atoms with Crippen LogP contribution >= 0.6 is 0 Å². The number of hydrogen-bond acceptors (Lipinski definition) is 5. The Bertz CT molecular complexity index is 247. The topological polar surface area (TPSA) is 101 Å². The van der Waals surface area contributed by atoms with Crippen LogP contribution in [0.5, 0.6) is 0 Å². The van der Waals surface area contributed by atoms with E-state index in [0.717, 1.165) is 12.8 Å². The predicted octanol–water partition coefficient (Wildman–Crippen LogP) is -1.36. The number of unbranched alkanes of at least 4 members (excludes halogenated alkanes) is 1. The Kier molecular flexibility index (Phi) is 4.67. The van der Waals surface area contributed by atoms with Gasteiger partial charge in [-0.25, -0.2) is 0 Å². The van der Waals surface area contributed by atoms with E-state index >= 15 is 0 Å². The molecule has 0 amide bonds. The second kappa shape index (κ2) is 5.58. The molecule has 4 atom stereocenters. The Hall–Kier alpha value is -0.690. The van der Waals surface area contributed by atoms with Gasteiger partial charge in [-0.1, -0.05) is 13.3 Å². The van der Waals surface area contributed by atoms with E-state index in [1.165, 1.54) is 4.90 Å². The Morgan fingerprint density at radius 3 is 2.44 bits per heavy atom. The van der Waals surface area contributed by atoms with Crippen LogP contribution in [0.15, 0.2) is 0 Å². The number of nitrogens with zero attached hydrogens (tertiary/aromatic N) is 1. The minimum absolute atomic E-state index is 0.0786. The van der Waals surface area contributed by atoms with Crippen molar-refractivity contribution in [2.45, 2.75) is 44.1 Å². The molecule has 16 heavy (non-hydrogen) atoms. The van der Waals surface area contributed by atoms with E-state index in [9.17, 15) is 20.1 Å². The van der Waals surface area contributed by atoms with E-state index in [-0.39, 0.29) is 6.54 Å². The zero-order chi connectivity index (χ0) is 12.3. The summed E-state index contributed by atoms with van der Waals surface area (Å²) >= 11 is 0. The van der Waals surface area contributed by atoms with Gasteiger partial charge in [-0.15, -0.1) is 0 Å². The molecule has 0 aromatic rings. The molecular formula is C10H19NO5. The van der Waals surface area contributed by atoms with E-state index in [0.29, 0.717) is 6.54 Å². The number of carboxylic acid groups (broad SMARTS) is 1. The Morgan fingerprint density at radius 1 is 1.31 bits per heavy atom. The van der Waals surface area contributed by atoms with Gasteiger partial charge in [0.05, 0.1) is 6.10 Å². The number of hydrogen-bond donors (Lipinski definition) is 4. The molecular weight excluding hydrogens is 214 g/mol. The molecule has 1 fully saturated rings. The van der Waals surface area contributed by atoms with Crippen LogP contribution in [0.25, 0.3) is 0 Å². The van der Waals surface area contributed by atoms with Gasteiger partial charge in [0.25, 0.3) is 0 Å². The van der Waals surface area contributed by atoms with Gasteiger partial charge in [-0.3, -0.25) is 9.69 Å². The minimum Gasteiger partial charge on any atom is -0.480 e. The standard InChI is InChI=1S/C10H19NO5/c1-2-3-4-11-5-6(12)8(13)9(14)7(11)10(15)16/h6-9,12-14H,2-5H2,1H3,(H,15,16)/t6?,7?,8-,9+/m1/s1. The van der Waals surface area contributed by atoms with Crippen molar-refractivity contribution in [3.63, 3.8) is 0 Å². The average molecular weight is 233 g/mol. The SMILES string of the molecule is CCCCN1CC(O)[C@@H](O)[C@@H](O)C1C(=O)O. The van der Waals surface area contributed by atoms with Crippen molar-refractivity contribution in [3.05, 3.63) is 0 Å². The predicted molar refractivity (Wildman–Crippen MR) is 55.9 cm³/mol. The number of piperidine rings is 1. The van der Waals surface area contributed by atoms with Crippen molar-refractivity contribution < 1.29 is 25.2 Å². The van der Waals surface area contributed by atoms with Gasteiger partial charge >= 0.3 is 5.97 Å². The first-order valence-electron chi connectivity index (χ1n) is 5.50. The van der Waals surface area contributed by atoms with Gasteiger partial charge in [-0.05, 0) is 13.0 Å². The van der Waals surface area contributed by atoms with Crippen molar-refractivity contribution in [3.8, 4) is 0 Å². The fourth-order valence-electron chi connectivity index (χ4n) is 1.99. The van der Waals surface area contributed by atoms with Gasteiger partial charge < -0.3 is 20.4 Å². The van der Waals surface area contributed by atoms with E-state index in [1.807, 2.05) is 6.92 Å². The highest BCUT2D eigenvalue weighted by atomic mass is 16.4. The summed E-state index contributed by atoms with van der Waals surface area (Å²) in [5, 5.41) is 37.5. The molecule has 1 heterocycles. The number of carboxylic acids is 1. The lowest BCUT2D eigenvalue weighted by Gasteiger charge is -2.41. The molecule has 1 rings (SSSR count). The number of β-amino-alcohol motifs (C(OH)–C–C–N with tert-alkyl or cyclic N) is 1. The zero-order valence-electron chi connectivity index (χ0n) is 9.28. The molecule has 0 saturated carbocycles. The maximum absolute atomic E-state index is 11.0. The van der Waals surface area contributed by atoms with E-state index in [1.54, 1.807) is 0 Å². The maximum atomic E-state index is 11.0. The minimum atomic E-state index is -1.45. The summed E-state index contributed by atoms with van der Waals surface area (Å²) in [4.78, 5) is 12.5. The summed E-state index contributed by atoms with van der Waals surface area (Å²) in [6.45, 7) is 2.55. The highest BCUT2D eigenvalue weighted by Gasteiger charge is 2.44. The van der Waals surface area contributed by atoms with Gasteiger partial charge in [0, 0.05) is 6.54 Å². The summed E-state index contributed by atoms with van der Waals surface area (Å²) in [5.74, 6) is -1.17. The highest BCUT2D eigenvalue weighted by Crippen LogP contribution is 2.19. The third kappa shape index (κ3) is 2.70. The normalized spacial score (nSPS) is 36.2. The Labute approximate surface area is 94.1 Å². The fourth-order valence-corrected chi connectivity index (χ4v) is 1.99. The molecule has 0 radical (unpaired) electrons. The number of likely N-dealkylation sites (tertiary alicyclic amines) is 1. The van der Waals surface area contributed by atoms with Crippen LogP contribution in [-0.2, 0) is 4.79 Å². The summed E-state index contributed by atoms with van der Waals surface area (Å²) in [6, 6.07) is -1.13. The van der Waals surface area contributed by atoms with Crippen LogP contribution in [0.3, 0.4) is 0 Å². The summed E-state index contributed by atoms with van der Waals surface area (Å²) in [6.07, 6.45) is -2.24. The zero-order valence-corrected chi connectivity index (χ0v) is 9.28. The second-order valence-corrected chi connectivity index (χ2v) is 4.18. The quantitative estimate of drug-likeness (QED) is 0.478. The van der Waals surface area contributed by atoms with Crippen molar-refractivity contribution >= 4 is 5.97 Å². The van der Waals surface area contributed by atoms with Crippen molar-refractivity contribution in [1.29, 1.82) is 0 Å². The van der Waals surface area contributed by atoms with Crippen LogP contribution in [-0.4, -0.2) is 68.7 Å². The van der Waals surface area contributed by atoms with Crippen LogP contribution in [0.4, 0.5) is 0 Å². The highest BCUT2D eigenvalue weighted by molar-refractivity contribution is 5.74. The molecule has 0 bridgehead atoms. The fraction of sp³-hybridized carbons (Fsp3) is 0.900.